The fourth-order valence-electron chi connectivity index (χ4n) is 1.80. The van der Waals surface area contributed by atoms with Crippen LogP contribution in [0.2, 0.25) is 0 Å². The molecule has 0 spiro atoms. The van der Waals surface area contributed by atoms with E-state index in [9.17, 15) is 4.79 Å². The molecule has 23 heavy (non-hydrogen) atoms. The third kappa shape index (κ3) is 4.71. The number of carbonyl (C=O) groups excluding carboxylic acids is 1. The first-order valence-corrected chi connectivity index (χ1v) is 6.47. The van der Waals surface area contributed by atoms with Crippen LogP contribution in [0.5, 0.6) is 0 Å². The molecule has 2 rings (SSSR count). The number of amides is 1. The van der Waals surface area contributed by atoms with Gasteiger partial charge in [-0.05, 0) is 40.9 Å². The summed E-state index contributed by atoms with van der Waals surface area (Å²) in [7, 11) is 0. The van der Waals surface area contributed by atoms with Gasteiger partial charge in [-0.3, -0.25) is 4.79 Å². The highest BCUT2D eigenvalue weighted by Gasteiger charge is 2.09. The summed E-state index contributed by atoms with van der Waals surface area (Å²) in [5.41, 5.74) is 18.0. The number of carbonyl (C=O) groups is 1. The number of nitrogens with one attached hydrogen (secondary N) is 1. The fourth-order valence-corrected chi connectivity index (χ4v) is 1.80. The molecule has 1 aromatic heterocycles. The predicted molar refractivity (Wildman–Crippen MR) is 81.3 cm³/mol. The molecule has 114 valence electrons. The van der Waals surface area contributed by atoms with Gasteiger partial charge in [0, 0.05) is 33.5 Å². The van der Waals surface area contributed by atoms with E-state index in [4.69, 9.17) is 11.1 Å². The van der Waals surface area contributed by atoms with Crippen LogP contribution < -0.4 is 5.32 Å². The Hall–Kier alpha value is -3.61. The molecule has 1 aromatic carbocycles. The van der Waals surface area contributed by atoms with Crippen molar-refractivity contribution < 1.29 is 4.79 Å². The third-order valence-corrected chi connectivity index (χ3v) is 2.74. The second-order valence-electron chi connectivity index (χ2n) is 4.31. The Balaban J connectivity index is 2.18. The molecule has 10 nitrogen and oxygen atoms in total. The summed E-state index contributed by atoms with van der Waals surface area (Å²) in [6.45, 7) is 0.213. The lowest BCUT2D eigenvalue weighted by Gasteiger charge is -2.07. The second kappa shape index (κ2) is 7.99. The highest BCUT2D eigenvalue weighted by molar-refractivity contribution is 5.95. The molecule has 0 atom stereocenters. The van der Waals surface area contributed by atoms with Gasteiger partial charge < -0.3 is 5.32 Å². The zero-order valence-corrected chi connectivity index (χ0v) is 11.9. The van der Waals surface area contributed by atoms with E-state index in [0.29, 0.717) is 11.4 Å². The first-order valence-electron chi connectivity index (χ1n) is 6.47. The summed E-state index contributed by atoms with van der Waals surface area (Å²) in [6.07, 6.45) is 3.16. The van der Waals surface area contributed by atoms with Crippen molar-refractivity contribution in [1.82, 2.24) is 15.3 Å². The molecule has 0 bridgehead atoms. The zero-order chi connectivity index (χ0) is 16.5. The smallest absolute Gasteiger partial charge is 0.251 e. The number of rotatable bonds is 6. The van der Waals surface area contributed by atoms with Crippen LogP contribution in [-0.2, 0) is 13.1 Å². The minimum absolute atomic E-state index is 0.0490. The van der Waals surface area contributed by atoms with Gasteiger partial charge >= 0.3 is 0 Å². The van der Waals surface area contributed by atoms with Gasteiger partial charge in [0.05, 0.1) is 13.1 Å². The molecular formula is C13H11N9O. The SMILES string of the molecule is [N-]=[N+]=NCc1cc(N=[N+]=[N-])cc(C(=O)NCc2ncccn2)c1. The maximum atomic E-state index is 12.2. The lowest BCUT2D eigenvalue weighted by molar-refractivity contribution is 0.0950. The number of hydrogen-bond acceptors (Lipinski definition) is 5. The summed E-state index contributed by atoms with van der Waals surface area (Å²) in [5.74, 6) is 0.0935. The minimum Gasteiger partial charge on any atom is -0.345 e. The van der Waals surface area contributed by atoms with Crippen molar-refractivity contribution in [2.75, 3.05) is 0 Å². The number of nitrogens with zero attached hydrogens (tertiary/aromatic N) is 8. The summed E-state index contributed by atoms with van der Waals surface area (Å²) < 4.78 is 0. The van der Waals surface area contributed by atoms with Crippen molar-refractivity contribution in [2.45, 2.75) is 13.1 Å². The maximum absolute atomic E-state index is 12.2. The quantitative estimate of drug-likeness (QED) is 0.495. The van der Waals surface area contributed by atoms with Crippen molar-refractivity contribution in [3.05, 3.63) is 74.5 Å². The molecule has 1 heterocycles. The second-order valence-corrected chi connectivity index (χ2v) is 4.31. The maximum Gasteiger partial charge on any atom is 0.251 e. The summed E-state index contributed by atoms with van der Waals surface area (Å²) >= 11 is 0. The molecule has 0 fully saturated rings. The average molecular weight is 309 g/mol. The van der Waals surface area contributed by atoms with E-state index in [1.54, 1.807) is 30.6 Å². The Bertz CT molecular complexity index is 792. The lowest BCUT2D eigenvalue weighted by Crippen LogP contribution is -2.23. The molecule has 0 unspecified atom stereocenters. The van der Waals surface area contributed by atoms with Crippen LogP contribution in [0.4, 0.5) is 5.69 Å². The van der Waals surface area contributed by atoms with Crippen molar-refractivity contribution in [3.8, 4) is 0 Å². The molecule has 0 aliphatic rings. The van der Waals surface area contributed by atoms with E-state index in [0.717, 1.165) is 0 Å². The predicted octanol–water partition coefficient (Wildman–Crippen LogP) is 3.16. The highest BCUT2D eigenvalue weighted by Crippen LogP contribution is 2.19. The van der Waals surface area contributed by atoms with E-state index in [1.165, 1.54) is 6.07 Å². The Kier molecular flexibility index (Phi) is 5.48. The van der Waals surface area contributed by atoms with Crippen LogP contribution in [0, 0.1) is 0 Å². The molecule has 1 N–H and O–H groups in total. The van der Waals surface area contributed by atoms with Crippen molar-refractivity contribution in [1.29, 1.82) is 0 Å². The first kappa shape index (κ1) is 15.8. The van der Waals surface area contributed by atoms with Gasteiger partial charge in [-0.1, -0.05) is 10.2 Å². The summed E-state index contributed by atoms with van der Waals surface area (Å²) in [5, 5.41) is 9.57. The van der Waals surface area contributed by atoms with E-state index in [1.807, 2.05) is 0 Å². The molecule has 2 aromatic rings. The van der Waals surface area contributed by atoms with Crippen LogP contribution in [0.1, 0.15) is 21.7 Å². The monoisotopic (exact) mass is 309 g/mol. The fraction of sp³-hybridized carbons (Fsp3) is 0.154. The first-order chi connectivity index (χ1) is 11.2. The molecule has 0 aliphatic carbocycles. The highest BCUT2D eigenvalue weighted by atomic mass is 16.1. The van der Waals surface area contributed by atoms with E-state index >= 15 is 0 Å². The Morgan fingerprint density at radius 2 is 1.96 bits per heavy atom. The number of azide groups is 2. The van der Waals surface area contributed by atoms with Crippen molar-refractivity contribution in [3.63, 3.8) is 0 Å². The van der Waals surface area contributed by atoms with Gasteiger partial charge in [0.1, 0.15) is 5.82 Å². The Morgan fingerprint density at radius 3 is 2.65 bits per heavy atom. The third-order valence-electron chi connectivity index (χ3n) is 2.74. The van der Waals surface area contributed by atoms with Crippen LogP contribution in [0.25, 0.3) is 20.9 Å². The van der Waals surface area contributed by atoms with Crippen LogP contribution in [0.15, 0.2) is 46.9 Å². The van der Waals surface area contributed by atoms with E-state index < -0.39 is 0 Å². The van der Waals surface area contributed by atoms with Crippen LogP contribution in [0.3, 0.4) is 0 Å². The van der Waals surface area contributed by atoms with Crippen molar-refractivity contribution in [2.24, 2.45) is 10.2 Å². The van der Waals surface area contributed by atoms with Crippen molar-refractivity contribution >= 4 is 11.6 Å². The number of benzene rings is 1. The molecule has 0 aliphatic heterocycles. The lowest BCUT2D eigenvalue weighted by atomic mass is 10.1. The molecule has 1 amide bonds. The van der Waals surface area contributed by atoms with Gasteiger partial charge in [0.15, 0.2) is 0 Å². The Morgan fingerprint density at radius 1 is 1.17 bits per heavy atom. The Labute approximate surface area is 130 Å². The topological polar surface area (TPSA) is 152 Å². The standard InChI is InChI=1S/C13H11N9O/c14-21-19-7-9-4-10(6-11(5-9)20-22-15)13(23)18-8-12-16-2-1-3-17-12/h1-6H,7-8H2,(H,18,23). The summed E-state index contributed by atoms with van der Waals surface area (Å²) in [4.78, 5) is 25.6. The number of aromatic nitrogens is 2. The zero-order valence-electron chi connectivity index (χ0n) is 11.9. The van der Waals surface area contributed by atoms with E-state index in [-0.39, 0.29) is 30.2 Å². The normalized spacial score (nSPS) is 9.39. The van der Waals surface area contributed by atoms with Gasteiger partial charge in [-0.2, -0.15) is 0 Å². The molecular weight excluding hydrogens is 298 g/mol. The summed E-state index contributed by atoms with van der Waals surface area (Å²) in [6, 6.07) is 6.23. The average Bonchev–Trinajstić information content (AvgIpc) is 2.59. The van der Waals surface area contributed by atoms with Gasteiger partial charge in [-0.15, -0.1) is 0 Å². The minimum atomic E-state index is -0.380. The number of hydrogen-bond donors (Lipinski definition) is 1. The van der Waals surface area contributed by atoms with Gasteiger partial charge in [-0.25, -0.2) is 9.97 Å². The molecule has 0 saturated carbocycles. The molecule has 0 saturated heterocycles. The molecule has 10 heteroatoms. The largest absolute Gasteiger partial charge is 0.345 e. The van der Waals surface area contributed by atoms with Gasteiger partial charge in [0.2, 0.25) is 0 Å². The van der Waals surface area contributed by atoms with Crippen LogP contribution >= 0.6 is 0 Å². The van der Waals surface area contributed by atoms with E-state index in [2.05, 4.69) is 35.3 Å². The molecule has 0 radical (unpaired) electrons. The van der Waals surface area contributed by atoms with Crippen LogP contribution in [-0.4, -0.2) is 15.9 Å². The van der Waals surface area contributed by atoms with Gasteiger partial charge in [0.25, 0.3) is 5.91 Å².